The highest BCUT2D eigenvalue weighted by Gasteiger charge is 2.34. The van der Waals surface area contributed by atoms with Crippen LogP contribution in [-0.2, 0) is 16.1 Å². The molecule has 0 saturated heterocycles. The molecule has 0 amide bonds. The summed E-state index contributed by atoms with van der Waals surface area (Å²) < 4.78 is 18.4. The van der Waals surface area contributed by atoms with Crippen molar-refractivity contribution >= 4 is 34.8 Å². The van der Waals surface area contributed by atoms with Crippen LogP contribution in [0.1, 0.15) is 42.1 Å². The highest BCUT2D eigenvalue weighted by atomic mass is 32.1. The summed E-state index contributed by atoms with van der Waals surface area (Å²) in [6.07, 6.45) is 1.66. The van der Waals surface area contributed by atoms with Crippen molar-refractivity contribution in [2.24, 2.45) is 4.99 Å². The SMILES string of the molecule is CCOC(=O)C1=C(C)N=c2s/c(=C/c3ccc(OCc4ccc([N+](=O)[O-])cc4)c(OC)c3)c(=O)n2[C@@H]1c1ccc(C)c([N+](=O)[O-])c1. The number of rotatable bonds is 10. The quantitative estimate of drug-likeness (QED) is 0.137. The maximum absolute atomic E-state index is 13.9. The molecule has 14 heteroatoms. The number of thiazole rings is 1. The molecular weight excluding hydrogens is 616 g/mol. The summed E-state index contributed by atoms with van der Waals surface area (Å²) in [6.45, 7) is 5.15. The Morgan fingerprint density at radius 1 is 1.02 bits per heavy atom. The fourth-order valence-electron chi connectivity index (χ4n) is 5.02. The zero-order valence-electron chi connectivity index (χ0n) is 25.2. The monoisotopic (exact) mass is 644 g/mol. The Morgan fingerprint density at radius 3 is 2.41 bits per heavy atom. The van der Waals surface area contributed by atoms with E-state index >= 15 is 0 Å². The van der Waals surface area contributed by atoms with Crippen molar-refractivity contribution in [3.05, 3.63) is 134 Å². The number of benzene rings is 3. The molecular formula is C32H28N4O9S. The Kier molecular flexibility index (Phi) is 9.09. The van der Waals surface area contributed by atoms with Crippen LogP contribution in [0.3, 0.4) is 0 Å². The number of fused-ring (bicyclic) bond motifs is 1. The number of ether oxygens (including phenoxy) is 3. The number of hydrogen-bond donors (Lipinski definition) is 0. The summed E-state index contributed by atoms with van der Waals surface area (Å²) in [4.78, 5) is 53.6. The number of carbonyl (C=O) groups excluding carboxylic acids is 1. The number of methoxy groups -OCH3 is 1. The van der Waals surface area contributed by atoms with E-state index in [2.05, 4.69) is 4.99 Å². The minimum Gasteiger partial charge on any atom is -0.493 e. The number of nitro benzene ring substituents is 2. The van der Waals surface area contributed by atoms with Crippen molar-refractivity contribution in [2.75, 3.05) is 13.7 Å². The lowest BCUT2D eigenvalue weighted by atomic mass is 9.94. The first kappa shape index (κ1) is 31.8. The largest absolute Gasteiger partial charge is 0.493 e. The van der Waals surface area contributed by atoms with Gasteiger partial charge >= 0.3 is 5.97 Å². The minimum atomic E-state index is -0.999. The van der Waals surface area contributed by atoms with Gasteiger partial charge in [-0.25, -0.2) is 9.79 Å². The molecule has 3 aromatic carbocycles. The van der Waals surface area contributed by atoms with Crippen molar-refractivity contribution in [1.82, 2.24) is 4.57 Å². The lowest BCUT2D eigenvalue weighted by Crippen LogP contribution is -2.40. The predicted molar refractivity (Wildman–Crippen MR) is 169 cm³/mol. The van der Waals surface area contributed by atoms with Gasteiger partial charge in [-0.15, -0.1) is 0 Å². The molecule has 0 N–H and O–H groups in total. The second kappa shape index (κ2) is 13.2. The van der Waals surface area contributed by atoms with Gasteiger partial charge in [0.2, 0.25) is 0 Å². The van der Waals surface area contributed by atoms with E-state index in [1.165, 1.54) is 29.9 Å². The van der Waals surface area contributed by atoms with E-state index in [9.17, 15) is 29.8 Å². The van der Waals surface area contributed by atoms with Crippen molar-refractivity contribution in [3.63, 3.8) is 0 Å². The third-order valence-corrected chi connectivity index (χ3v) is 8.27. The Labute approximate surface area is 265 Å². The summed E-state index contributed by atoms with van der Waals surface area (Å²) in [7, 11) is 1.48. The van der Waals surface area contributed by atoms with E-state index in [0.29, 0.717) is 43.2 Å². The van der Waals surface area contributed by atoms with E-state index in [1.807, 2.05) is 0 Å². The van der Waals surface area contributed by atoms with Crippen molar-refractivity contribution < 1.29 is 28.9 Å². The van der Waals surface area contributed by atoms with Crippen LogP contribution < -0.4 is 24.4 Å². The van der Waals surface area contributed by atoms with Crippen LogP contribution in [0.15, 0.2) is 81.7 Å². The second-order valence-corrected chi connectivity index (χ2v) is 11.2. The molecule has 0 spiro atoms. The van der Waals surface area contributed by atoms with Crippen LogP contribution in [-0.4, -0.2) is 34.1 Å². The number of nitrogens with zero attached hydrogens (tertiary/aromatic N) is 4. The van der Waals surface area contributed by atoms with Crippen LogP contribution >= 0.6 is 11.3 Å². The van der Waals surface area contributed by atoms with Crippen molar-refractivity contribution in [2.45, 2.75) is 33.4 Å². The molecule has 0 fully saturated rings. The molecule has 0 saturated carbocycles. The van der Waals surface area contributed by atoms with E-state index in [4.69, 9.17) is 14.2 Å². The van der Waals surface area contributed by atoms with E-state index in [-0.39, 0.29) is 30.2 Å². The highest BCUT2D eigenvalue weighted by molar-refractivity contribution is 7.07. The number of nitro groups is 2. The van der Waals surface area contributed by atoms with Crippen LogP contribution in [0.2, 0.25) is 0 Å². The van der Waals surface area contributed by atoms with Crippen molar-refractivity contribution in [3.8, 4) is 11.5 Å². The molecule has 5 rings (SSSR count). The summed E-state index contributed by atoms with van der Waals surface area (Å²) >= 11 is 1.12. The average Bonchev–Trinajstić information content (AvgIpc) is 3.33. The Bertz CT molecular complexity index is 2080. The van der Waals surface area contributed by atoms with Gasteiger partial charge < -0.3 is 14.2 Å². The molecule has 0 aliphatic carbocycles. The first-order valence-corrected chi connectivity index (χ1v) is 14.8. The van der Waals surface area contributed by atoms with E-state index in [0.717, 1.165) is 16.9 Å². The van der Waals surface area contributed by atoms with Gasteiger partial charge in [-0.3, -0.25) is 29.6 Å². The van der Waals surface area contributed by atoms with Gasteiger partial charge in [0.05, 0.1) is 45.4 Å². The lowest BCUT2D eigenvalue weighted by molar-refractivity contribution is -0.385. The summed E-state index contributed by atoms with van der Waals surface area (Å²) in [5.41, 5.74) is 2.02. The predicted octanol–water partition coefficient (Wildman–Crippen LogP) is 4.51. The molecule has 0 bridgehead atoms. The fraction of sp³-hybridized carbons (Fsp3) is 0.219. The first-order chi connectivity index (χ1) is 22.0. The van der Waals surface area contributed by atoms with Gasteiger partial charge in [0, 0.05) is 23.8 Å². The fourth-order valence-corrected chi connectivity index (χ4v) is 6.07. The third-order valence-electron chi connectivity index (χ3n) is 7.29. The Balaban J connectivity index is 1.54. The highest BCUT2D eigenvalue weighted by Crippen LogP contribution is 2.34. The minimum absolute atomic E-state index is 0.0188. The molecule has 13 nitrogen and oxygen atoms in total. The lowest BCUT2D eigenvalue weighted by Gasteiger charge is -2.24. The molecule has 1 aliphatic heterocycles. The van der Waals surface area contributed by atoms with Gasteiger partial charge in [0.1, 0.15) is 6.61 Å². The van der Waals surface area contributed by atoms with Crippen molar-refractivity contribution in [1.29, 1.82) is 0 Å². The number of allylic oxidation sites excluding steroid dienone is 1. The average molecular weight is 645 g/mol. The Morgan fingerprint density at radius 2 is 1.76 bits per heavy atom. The molecule has 1 aliphatic rings. The molecule has 2 heterocycles. The summed E-state index contributed by atoms with van der Waals surface area (Å²) in [5.74, 6) is 0.157. The molecule has 1 atom stereocenters. The molecule has 0 radical (unpaired) electrons. The standard InChI is InChI=1S/C32H28N4O9S/c1-5-44-31(38)28-19(3)33-32-34(29(28)22-10-6-18(2)24(16-22)36(41)42)30(37)27(46-32)15-21-9-13-25(26(14-21)43-4)45-17-20-7-11-23(12-8-20)35(39)40/h6-16,29H,5,17H2,1-4H3/b27-15+/t29-/m1/s1. The third kappa shape index (κ3) is 6.28. The topological polar surface area (TPSA) is 165 Å². The van der Waals surface area contributed by atoms with Gasteiger partial charge in [-0.05, 0) is 67.8 Å². The van der Waals surface area contributed by atoms with Crippen LogP contribution in [0, 0.1) is 27.2 Å². The molecule has 46 heavy (non-hydrogen) atoms. The zero-order valence-corrected chi connectivity index (χ0v) is 26.0. The molecule has 236 valence electrons. The number of non-ortho nitro benzene ring substituents is 1. The van der Waals surface area contributed by atoms with E-state index in [1.54, 1.807) is 69.3 Å². The van der Waals surface area contributed by atoms with Gasteiger partial charge in [0.25, 0.3) is 16.9 Å². The summed E-state index contributed by atoms with van der Waals surface area (Å²) in [5, 5.41) is 22.7. The summed E-state index contributed by atoms with van der Waals surface area (Å²) in [6, 6.07) is 14.7. The Hall–Kier alpha value is -5.63. The number of carbonyl (C=O) groups is 1. The zero-order chi connectivity index (χ0) is 33.1. The van der Waals surface area contributed by atoms with Gasteiger partial charge in [-0.2, -0.15) is 0 Å². The molecule has 4 aromatic rings. The first-order valence-electron chi connectivity index (χ1n) is 14.0. The smallest absolute Gasteiger partial charge is 0.338 e. The van der Waals surface area contributed by atoms with Crippen LogP contribution in [0.5, 0.6) is 11.5 Å². The molecule has 0 unspecified atom stereocenters. The number of aromatic nitrogens is 1. The van der Waals surface area contributed by atoms with Crippen LogP contribution in [0.4, 0.5) is 11.4 Å². The number of aryl methyl sites for hydroxylation is 1. The normalized spacial score (nSPS) is 14.3. The maximum atomic E-state index is 13.9. The van der Waals surface area contributed by atoms with E-state index < -0.39 is 27.4 Å². The second-order valence-electron chi connectivity index (χ2n) is 10.2. The number of esters is 1. The maximum Gasteiger partial charge on any atom is 0.338 e. The van der Waals surface area contributed by atoms with Gasteiger partial charge in [-0.1, -0.05) is 29.5 Å². The number of hydrogen-bond acceptors (Lipinski definition) is 11. The molecule has 1 aromatic heterocycles. The van der Waals surface area contributed by atoms with Crippen LogP contribution in [0.25, 0.3) is 6.08 Å². The van der Waals surface area contributed by atoms with Gasteiger partial charge in [0.15, 0.2) is 16.3 Å².